The smallest absolute Gasteiger partial charge is 0.365 e. The SMILES string of the molecule is CC(C=CC1=C(c2cc(C(C)C)cc(C(C)C)c2OCCCF)CCC1)=C(F)C(=O)O. The fourth-order valence-corrected chi connectivity index (χ4v) is 3.78. The first-order valence-electron chi connectivity index (χ1n) is 11.0. The minimum Gasteiger partial charge on any atom is -0.493 e. The summed E-state index contributed by atoms with van der Waals surface area (Å²) in [6, 6.07) is 4.35. The van der Waals surface area contributed by atoms with Gasteiger partial charge in [-0.05, 0) is 71.9 Å². The molecule has 0 spiro atoms. The first-order valence-corrected chi connectivity index (χ1v) is 11.0. The second kappa shape index (κ2) is 11.3. The predicted molar refractivity (Wildman–Crippen MR) is 122 cm³/mol. The van der Waals surface area contributed by atoms with Gasteiger partial charge in [0.1, 0.15) is 5.75 Å². The largest absolute Gasteiger partial charge is 0.493 e. The Bertz CT molecular complexity index is 892. The number of ether oxygens (including phenoxy) is 1. The number of halogens is 2. The number of carbonyl (C=O) groups is 1. The molecule has 2 rings (SSSR count). The number of aliphatic carboxylic acids is 1. The minimum atomic E-state index is -1.56. The normalized spacial score (nSPS) is 15.4. The molecule has 1 N–H and O–H groups in total. The molecule has 5 heteroatoms. The van der Waals surface area contributed by atoms with Gasteiger partial charge < -0.3 is 9.84 Å². The molecular formula is C26H34F2O3. The van der Waals surface area contributed by atoms with E-state index in [1.54, 1.807) is 0 Å². The van der Waals surface area contributed by atoms with E-state index in [0.29, 0.717) is 18.9 Å². The third-order valence-electron chi connectivity index (χ3n) is 5.61. The molecule has 0 unspecified atom stereocenters. The molecule has 0 heterocycles. The van der Waals surface area contributed by atoms with Crippen LogP contribution in [0.5, 0.6) is 5.75 Å². The molecule has 1 aromatic rings. The highest BCUT2D eigenvalue weighted by Gasteiger charge is 2.23. The van der Waals surface area contributed by atoms with E-state index >= 15 is 0 Å². The van der Waals surface area contributed by atoms with E-state index in [-0.39, 0.29) is 11.5 Å². The quantitative estimate of drug-likeness (QED) is 0.237. The molecular weight excluding hydrogens is 398 g/mol. The van der Waals surface area contributed by atoms with Crippen molar-refractivity contribution in [3.05, 3.63) is 57.9 Å². The number of carboxylic acids is 1. The van der Waals surface area contributed by atoms with Gasteiger partial charge >= 0.3 is 5.97 Å². The van der Waals surface area contributed by atoms with Crippen molar-refractivity contribution in [1.82, 2.24) is 0 Å². The number of benzene rings is 1. The summed E-state index contributed by atoms with van der Waals surface area (Å²) < 4.78 is 32.5. The molecule has 31 heavy (non-hydrogen) atoms. The summed E-state index contributed by atoms with van der Waals surface area (Å²) in [7, 11) is 0. The second-order valence-corrected chi connectivity index (χ2v) is 8.68. The van der Waals surface area contributed by atoms with Crippen LogP contribution in [0.15, 0.2) is 41.3 Å². The molecule has 0 fully saturated rings. The summed E-state index contributed by atoms with van der Waals surface area (Å²) >= 11 is 0. The summed E-state index contributed by atoms with van der Waals surface area (Å²) in [5.74, 6) is -1.31. The van der Waals surface area contributed by atoms with Crippen LogP contribution < -0.4 is 4.74 Å². The Balaban J connectivity index is 2.62. The average Bonchev–Trinajstić information content (AvgIpc) is 3.19. The molecule has 0 aliphatic heterocycles. The zero-order valence-electron chi connectivity index (χ0n) is 19.2. The predicted octanol–water partition coefficient (Wildman–Crippen LogP) is 7.49. The molecule has 0 amide bonds. The van der Waals surface area contributed by atoms with Crippen molar-refractivity contribution in [1.29, 1.82) is 0 Å². The third-order valence-corrected chi connectivity index (χ3v) is 5.61. The monoisotopic (exact) mass is 432 g/mol. The van der Waals surface area contributed by atoms with Crippen LogP contribution in [0.25, 0.3) is 5.57 Å². The van der Waals surface area contributed by atoms with Crippen molar-refractivity contribution >= 4 is 11.5 Å². The van der Waals surface area contributed by atoms with Crippen molar-refractivity contribution in [2.75, 3.05) is 13.3 Å². The number of carboxylic acid groups (broad SMARTS) is 1. The van der Waals surface area contributed by atoms with E-state index in [1.807, 2.05) is 6.08 Å². The van der Waals surface area contributed by atoms with Crippen molar-refractivity contribution in [2.45, 2.75) is 72.1 Å². The molecule has 0 bridgehead atoms. The Labute approximate surface area is 184 Å². The minimum absolute atomic E-state index is 0.0875. The van der Waals surface area contributed by atoms with Gasteiger partial charge in [-0.2, -0.15) is 4.39 Å². The van der Waals surface area contributed by atoms with E-state index < -0.39 is 18.5 Å². The lowest BCUT2D eigenvalue weighted by atomic mass is 9.88. The summed E-state index contributed by atoms with van der Waals surface area (Å²) in [6.07, 6.45) is 6.36. The molecule has 0 aromatic heterocycles. The molecule has 0 saturated carbocycles. The van der Waals surface area contributed by atoms with Crippen LogP contribution in [0.2, 0.25) is 0 Å². The van der Waals surface area contributed by atoms with Crippen LogP contribution in [0.4, 0.5) is 8.78 Å². The van der Waals surface area contributed by atoms with Crippen molar-refractivity contribution < 1.29 is 23.4 Å². The Morgan fingerprint density at radius 2 is 1.90 bits per heavy atom. The van der Waals surface area contributed by atoms with Gasteiger partial charge in [0.05, 0.1) is 13.3 Å². The zero-order chi connectivity index (χ0) is 23.1. The molecule has 170 valence electrons. The first kappa shape index (κ1) is 24.8. The Kier molecular flexibility index (Phi) is 9.02. The topological polar surface area (TPSA) is 46.5 Å². The van der Waals surface area contributed by atoms with Gasteiger partial charge in [0.15, 0.2) is 0 Å². The highest BCUT2D eigenvalue weighted by Crippen LogP contribution is 2.43. The van der Waals surface area contributed by atoms with E-state index in [4.69, 9.17) is 9.84 Å². The van der Waals surface area contributed by atoms with Gasteiger partial charge in [-0.15, -0.1) is 0 Å². The molecule has 0 radical (unpaired) electrons. The molecule has 3 nitrogen and oxygen atoms in total. The third kappa shape index (κ3) is 6.28. The maximum atomic E-state index is 13.7. The number of alkyl halides is 1. The Morgan fingerprint density at radius 1 is 1.19 bits per heavy atom. The highest BCUT2D eigenvalue weighted by molar-refractivity contribution is 5.85. The highest BCUT2D eigenvalue weighted by atomic mass is 19.1. The van der Waals surface area contributed by atoms with E-state index in [2.05, 4.69) is 39.8 Å². The fraction of sp³-hybridized carbons (Fsp3) is 0.500. The Morgan fingerprint density at radius 3 is 2.48 bits per heavy atom. The van der Waals surface area contributed by atoms with Crippen LogP contribution in [0.1, 0.15) is 88.8 Å². The van der Waals surface area contributed by atoms with Gasteiger partial charge in [-0.25, -0.2) is 4.79 Å². The van der Waals surface area contributed by atoms with Crippen LogP contribution in [-0.2, 0) is 4.79 Å². The van der Waals surface area contributed by atoms with Gasteiger partial charge in [-0.3, -0.25) is 4.39 Å². The van der Waals surface area contributed by atoms with Crippen LogP contribution in [0, 0.1) is 0 Å². The molecule has 1 aliphatic rings. The lowest BCUT2D eigenvalue weighted by Gasteiger charge is -2.22. The van der Waals surface area contributed by atoms with Gasteiger partial charge in [0.2, 0.25) is 5.83 Å². The maximum Gasteiger partial charge on any atom is 0.365 e. The van der Waals surface area contributed by atoms with Crippen molar-refractivity contribution in [3.8, 4) is 5.75 Å². The summed E-state index contributed by atoms with van der Waals surface area (Å²) in [5.41, 5.74) is 5.63. The van der Waals surface area contributed by atoms with E-state index in [1.165, 1.54) is 18.6 Å². The fourth-order valence-electron chi connectivity index (χ4n) is 3.78. The number of rotatable bonds is 10. The molecule has 0 atom stereocenters. The van der Waals surface area contributed by atoms with Gasteiger partial charge in [0.25, 0.3) is 0 Å². The summed E-state index contributed by atoms with van der Waals surface area (Å²) in [4.78, 5) is 10.9. The first-order chi connectivity index (χ1) is 14.7. The van der Waals surface area contributed by atoms with Gasteiger partial charge in [0, 0.05) is 12.0 Å². The molecule has 0 saturated heterocycles. The lowest BCUT2D eigenvalue weighted by molar-refractivity contribution is -0.134. The second-order valence-electron chi connectivity index (χ2n) is 8.68. The Hall–Kier alpha value is -2.43. The van der Waals surface area contributed by atoms with Crippen molar-refractivity contribution in [2.24, 2.45) is 0 Å². The van der Waals surface area contributed by atoms with Crippen LogP contribution in [-0.4, -0.2) is 24.4 Å². The summed E-state index contributed by atoms with van der Waals surface area (Å²) in [6.45, 7) is 9.90. The number of hydrogen-bond donors (Lipinski definition) is 1. The van der Waals surface area contributed by atoms with Gasteiger partial charge in [-0.1, -0.05) is 45.9 Å². The number of hydrogen-bond acceptors (Lipinski definition) is 2. The average molecular weight is 433 g/mol. The van der Waals surface area contributed by atoms with Crippen molar-refractivity contribution in [3.63, 3.8) is 0 Å². The van der Waals surface area contributed by atoms with Crippen LogP contribution in [0.3, 0.4) is 0 Å². The standard InChI is InChI=1S/C26H34F2O3/c1-16(2)20-14-22(17(3)4)25(31-13-7-12-27)23(15-20)21-9-6-8-19(21)11-10-18(5)24(28)26(29)30/h10-11,14-17H,6-9,12-13H2,1-5H3,(H,29,30). The number of allylic oxidation sites excluding steroid dienone is 5. The maximum absolute atomic E-state index is 13.7. The van der Waals surface area contributed by atoms with Crippen LogP contribution >= 0.6 is 0 Å². The van der Waals surface area contributed by atoms with E-state index in [0.717, 1.165) is 47.3 Å². The van der Waals surface area contributed by atoms with E-state index in [9.17, 15) is 13.6 Å². The zero-order valence-corrected chi connectivity index (χ0v) is 19.2. The summed E-state index contributed by atoms with van der Waals surface area (Å²) in [5, 5.41) is 8.86. The lowest BCUT2D eigenvalue weighted by Crippen LogP contribution is -2.07. The molecule has 1 aromatic carbocycles. The molecule has 1 aliphatic carbocycles.